The van der Waals surface area contributed by atoms with Crippen molar-refractivity contribution in [2.75, 3.05) is 0 Å². The van der Waals surface area contributed by atoms with Gasteiger partial charge in [0, 0.05) is 10.6 Å². The average molecular weight is 224 g/mol. The van der Waals surface area contributed by atoms with Crippen molar-refractivity contribution in [3.8, 4) is 0 Å². The Morgan fingerprint density at radius 2 is 2.33 bits per heavy atom. The number of rotatable bonds is 2. The van der Waals surface area contributed by atoms with E-state index in [1.54, 1.807) is 0 Å². The maximum Gasteiger partial charge on any atom is 0.0408 e. The fraction of sp³-hybridized carbons (Fsp3) is 0.538. The Labute approximate surface area is 96.6 Å². The molecule has 0 aliphatic heterocycles. The van der Waals surface area contributed by atoms with Crippen LogP contribution in [-0.4, -0.2) is 5.54 Å². The number of nitrogens with two attached hydrogens (primary N) is 1. The lowest BCUT2D eigenvalue weighted by atomic mass is 9.89. The minimum absolute atomic E-state index is 0.00407. The van der Waals surface area contributed by atoms with Crippen molar-refractivity contribution in [1.82, 2.24) is 0 Å². The monoisotopic (exact) mass is 223 g/mol. The molecule has 1 aromatic rings. The first kappa shape index (κ1) is 11.0. The van der Waals surface area contributed by atoms with E-state index < -0.39 is 0 Å². The molecule has 2 rings (SSSR count). The van der Waals surface area contributed by atoms with Gasteiger partial charge in [0.05, 0.1) is 0 Å². The van der Waals surface area contributed by atoms with Gasteiger partial charge in [0.2, 0.25) is 0 Å². The Kier molecular flexibility index (Phi) is 3.03. The minimum Gasteiger partial charge on any atom is -0.325 e. The molecule has 1 fully saturated rings. The Bertz CT molecular complexity index is 350. The normalized spacial score (nSPS) is 30.7. The highest BCUT2D eigenvalue weighted by molar-refractivity contribution is 6.30. The molecule has 1 aliphatic rings. The third kappa shape index (κ3) is 2.73. The Morgan fingerprint density at radius 1 is 1.53 bits per heavy atom. The molecule has 1 aromatic carbocycles. The Hall–Kier alpha value is -0.530. The van der Waals surface area contributed by atoms with Crippen LogP contribution in [0.15, 0.2) is 24.3 Å². The van der Waals surface area contributed by atoms with Gasteiger partial charge in [0.1, 0.15) is 0 Å². The molecule has 0 radical (unpaired) electrons. The predicted molar refractivity (Wildman–Crippen MR) is 65.1 cm³/mol. The minimum atomic E-state index is 0.00407. The van der Waals surface area contributed by atoms with Crippen LogP contribution in [0.1, 0.15) is 31.7 Å². The first-order valence-corrected chi connectivity index (χ1v) is 5.99. The van der Waals surface area contributed by atoms with Gasteiger partial charge in [-0.1, -0.05) is 30.7 Å². The van der Waals surface area contributed by atoms with E-state index in [1.807, 2.05) is 18.2 Å². The van der Waals surface area contributed by atoms with E-state index in [0.717, 1.165) is 30.2 Å². The van der Waals surface area contributed by atoms with Gasteiger partial charge in [-0.25, -0.2) is 0 Å². The van der Waals surface area contributed by atoms with Crippen LogP contribution >= 0.6 is 11.6 Å². The summed E-state index contributed by atoms with van der Waals surface area (Å²) < 4.78 is 0. The number of benzene rings is 1. The van der Waals surface area contributed by atoms with Crippen LogP contribution in [0, 0.1) is 5.92 Å². The van der Waals surface area contributed by atoms with E-state index in [0.29, 0.717) is 0 Å². The molecule has 2 atom stereocenters. The standard InChI is InChI=1S/C13H18ClN/c1-10-5-6-13(15,8-10)9-11-3-2-4-12(14)7-11/h2-4,7,10H,5-6,8-9,15H2,1H3. The van der Waals surface area contributed by atoms with Crippen LogP contribution in [-0.2, 0) is 6.42 Å². The quantitative estimate of drug-likeness (QED) is 0.817. The third-order valence-corrected chi connectivity index (χ3v) is 3.57. The van der Waals surface area contributed by atoms with Crippen LogP contribution in [0.4, 0.5) is 0 Å². The molecule has 1 saturated carbocycles. The number of hydrogen-bond acceptors (Lipinski definition) is 1. The summed E-state index contributed by atoms with van der Waals surface area (Å²) >= 11 is 5.96. The fourth-order valence-corrected chi connectivity index (χ4v) is 2.86. The SMILES string of the molecule is CC1CCC(N)(Cc2cccc(Cl)c2)C1. The van der Waals surface area contributed by atoms with Crippen molar-refractivity contribution >= 4 is 11.6 Å². The second-order valence-electron chi connectivity index (χ2n) is 5.02. The van der Waals surface area contributed by atoms with Crippen LogP contribution in [0.5, 0.6) is 0 Å². The molecule has 0 amide bonds. The van der Waals surface area contributed by atoms with E-state index in [9.17, 15) is 0 Å². The molecule has 0 spiro atoms. The highest BCUT2D eigenvalue weighted by Crippen LogP contribution is 2.34. The van der Waals surface area contributed by atoms with Gasteiger partial charge in [-0.15, -0.1) is 0 Å². The van der Waals surface area contributed by atoms with Gasteiger partial charge in [-0.2, -0.15) is 0 Å². The van der Waals surface area contributed by atoms with Crippen LogP contribution in [0.2, 0.25) is 5.02 Å². The summed E-state index contributed by atoms with van der Waals surface area (Å²) in [6, 6.07) is 8.05. The molecule has 2 unspecified atom stereocenters. The Balaban J connectivity index is 2.08. The second-order valence-corrected chi connectivity index (χ2v) is 5.45. The van der Waals surface area contributed by atoms with E-state index in [1.165, 1.54) is 12.0 Å². The van der Waals surface area contributed by atoms with E-state index >= 15 is 0 Å². The Morgan fingerprint density at radius 3 is 2.93 bits per heavy atom. The van der Waals surface area contributed by atoms with Crippen molar-refractivity contribution in [3.63, 3.8) is 0 Å². The largest absolute Gasteiger partial charge is 0.325 e. The molecule has 1 aliphatic carbocycles. The summed E-state index contributed by atoms with van der Waals surface area (Å²) in [6.45, 7) is 2.28. The van der Waals surface area contributed by atoms with E-state index in [4.69, 9.17) is 17.3 Å². The lowest BCUT2D eigenvalue weighted by Crippen LogP contribution is -2.39. The maximum absolute atomic E-state index is 6.39. The summed E-state index contributed by atoms with van der Waals surface area (Å²) in [5, 5.41) is 0.808. The predicted octanol–water partition coefficient (Wildman–Crippen LogP) is 3.40. The molecule has 1 nitrogen and oxygen atoms in total. The van der Waals surface area contributed by atoms with Gasteiger partial charge in [-0.05, 0) is 49.3 Å². The maximum atomic E-state index is 6.39. The lowest BCUT2D eigenvalue weighted by Gasteiger charge is -2.24. The van der Waals surface area contributed by atoms with Crippen molar-refractivity contribution in [2.24, 2.45) is 11.7 Å². The van der Waals surface area contributed by atoms with Crippen LogP contribution in [0.25, 0.3) is 0 Å². The molecule has 0 bridgehead atoms. The van der Waals surface area contributed by atoms with Crippen LogP contribution < -0.4 is 5.73 Å². The van der Waals surface area contributed by atoms with Crippen molar-refractivity contribution in [1.29, 1.82) is 0 Å². The molecule has 0 heterocycles. The smallest absolute Gasteiger partial charge is 0.0408 e. The van der Waals surface area contributed by atoms with E-state index in [2.05, 4.69) is 13.0 Å². The molecular weight excluding hydrogens is 206 g/mol. The summed E-state index contributed by atoms with van der Waals surface area (Å²) in [6.07, 6.45) is 4.50. The molecule has 0 aromatic heterocycles. The molecule has 15 heavy (non-hydrogen) atoms. The fourth-order valence-electron chi connectivity index (χ4n) is 2.65. The molecule has 2 N–H and O–H groups in total. The molecular formula is C13H18ClN. The van der Waals surface area contributed by atoms with Crippen molar-refractivity contribution < 1.29 is 0 Å². The zero-order chi connectivity index (χ0) is 10.9. The zero-order valence-corrected chi connectivity index (χ0v) is 9.93. The average Bonchev–Trinajstić information content (AvgIpc) is 2.45. The zero-order valence-electron chi connectivity index (χ0n) is 9.17. The first-order chi connectivity index (χ1) is 7.07. The number of halogens is 1. The highest BCUT2D eigenvalue weighted by atomic mass is 35.5. The topological polar surface area (TPSA) is 26.0 Å². The van der Waals surface area contributed by atoms with Gasteiger partial charge in [0.25, 0.3) is 0 Å². The highest BCUT2D eigenvalue weighted by Gasteiger charge is 2.33. The van der Waals surface area contributed by atoms with Gasteiger partial charge in [-0.3, -0.25) is 0 Å². The molecule has 0 saturated heterocycles. The lowest BCUT2D eigenvalue weighted by molar-refractivity contribution is 0.419. The van der Waals surface area contributed by atoms with Gasteiger partial charge < -0.3 is 5.73 Å². The van der Waals surface area contributed by atoms with Crippen LogP contribution in [0.3, 0.4) is 0 Å². The number of hydrogen-bond donors (Lipinski definition) is 1. The van der Waals surface area contributed by atoms with Crippen molar-refractivity contribution in [2.45, 2.75) is 38.1 Å². The summed E-state index contributed by atoms with van der Waals surface area (Å²) in [5.74, 6) is 0.772. The second kappa shape index (κ2) is 4.15. The summed E-state index contributed by atoms with van der Waals surface area (Å²) in [7, 11) is 0. The first-order valence-electron chi connectivity index (χ1n) is 5.61. The third-order valence-electron chi connectivity index (χ3n) is 3.34. The summed E-state index contributed by atoms with van der Waals surface area (Å²) in [4.78, 5) is 0. The molecule has 2 heteroatoms. The van der Waals surface area contributed by atoms with Gasteiger partial charge >= 0.3 is 0 Å². The van der Waals surface area contributed by atoms with Gasteiger partial charge in [0.15, 0.2) is 0 Å². The van der Waals surface area contributed by atoms with E-state index in [-0.39, 0.29) is 5.54 Å². The molecule has 82 valence electrons. The van der Waals surface area contributed by atoms with Crippen molar-refractivity contribution in [3.05, 3.63) is 34.9 Å². The summed E-state index contributed by atoms with van der Waals surface area (Å²) in [5.41, 5.74) is 7.66.